The van der Waals surface area contributed by atoms with Gasteiger partial charge in [0.25, 0.3) is 0 Å². The van der Waals surface area contributed by atoms with Gasteiger partial charge in [-0.15, -0.1) is 0 Å². The Morgan fingerprint density at radius 1 is 1.27 bits per heavy atom. The average molecular weight is 323 g/mol. The highest BCUT2D eigenvalue weighted by molar-refractivity contribution is 6.31. The molecule has 0 spiro atoms. The number of aryl methyl sites for hydroxylation is 1. The van der Waals surface area contributed by atoms with E-state index in [0.717, 1.165) is 5.56 Å². The zero-order valence-electron chi connectivity index (χ0n) is 12.4. The third-order valence-corrected chi connectivity index (χ3v) is 3.52. The van der Waals surface area contributed by atoms with E-state index in [1.165, 1.54) is 18.2 Å². The summed E-state index contributed by atoms with van der Waals surface area (Å²) in [4.78, 5) is 11.4. The average Bonchev–Trinajstić information content (AvgIpc) is 2.50. The van der Waals surface area contributed by atoms with E-state index in [2.05, 4.69) is 0 Å². The first-order valence-corrected chi connectivity index (χ1v) is 7.26. The van der Waals surface area contributed by atoms with E-state index in [1.807, 2.05) is 13.0 Å². The molecule has 0 N–H and O–H groups in total. The lowest BCUT2D eigenvalue weighted by molar-refractivity contribution is -0.134. The molecular formula is C17H16ClFO3. The molecule has 0 radical (unpaired) electrons. The first-order valence-electron chi connectivity index (χ1n) is 6.88. The van der Waals surface area contributed by atoms with Crippen LogP contribution in [0.5, 0.6) is 11.5 Å². The smallest absolute Gasteiger partial charge is 0.310 e. The molecule has 0 fully saturated rings. The number of rotatable bonds is 5. The van der Waals surface area contributed by atoms with E-state index >= 15 is 0 Å². The van der Waals surface area contributed by atoms with Gasteiger partial charge in [0.15, 0.2) is 0 Å². The fourth-order valence-electron chi connectivity index (χ4n) is 1.79. The monoisotopic (exact) mass is 322 g/mol. The third-order valence-electron chi connectivity index (χ3n) is 3.11. The molecule has 0 heterocycles. The van der Waals surface area contributed by atoms with Crippen LogP contribution < -0.4 is 9.47 Å². The summed E-state index contributed by atoms with van der Waals surface area (Å²) in [7, 11) is 0. The van der Waals surface area contributed by atoms with Crippen LogP contribution in [0.25, 0.3) is 0 Å². The third kappa shape index (κ3) is 3.98. The summed E-state index contributed by atoms with van der Waals surface area (Å²) in [5.41, 5.74) is 1.12. The van der Waals surface area contributed by atoms with Crippen LogP contribution in [0.1, 0.15) is 24.5 Å². The molecule has 0 aliphatic rings. The Labute approximate surface area is 133 Å². The minimum atomic E-state index is -0.486. The van der Waals surface area contributed by atoms with Crippen LogP contribution in [0.15, 0.2) is 36.4 Å². The number of hydrogen-bond donors (Lipinski definition) is 0. The molecule has 3 nitrogen and oxygen atoms in total. The number of ether oxygens (including phenoxy) is 2. The molecule has 0 saturated heterocycles. The summed E-state index contributed by atoms with van der Waals surface area (Å²) in [6.07, 6.45) is 0.213. The van der Waals surface area contributed by atoms with Crippen molar-refractivity contribution in [3.8, 4) is 11.5 Å². The van der Waals surface area contributed by atoms with Crippen LogP contribution >= 0.6 is 11.6 Å². The van der Waals surface area contributed by atoms with Crippen molar-refractivity contribution in [3.05, 3.63) is 58.4 Å². The lowest BCUT2D eigenvalue weighted by Crippen LogP contribution is -2.09. The predicted octanol–water partition coefficient (Wildman–Crippen LogP) is 4.68. The lowest BCUT2D eigenvalue weighted by atomic mass is 10.2. The molecule has 0 aliphatic carbocycles. The fraction of sp³-hybridized carbons (Fsp3) is 0.235. The predicted molar refractivity (Wildman–Crippen MR) is 82.8 cm³/mol. The van der Waals surface area contributed by atoms with Crippen LogP contribution in [0.4, 0.5) is 4.39 Å². The molecule has 0 amide bonds. The number of hydrogen-bond acceptors (Lipinski definition) is 3. The van der Waals surface area contributed by atoms with Gasteiger partial charge in [-0.25, -0.2) is 4.39 Å². The highest BCUT2D eigenvalue weighted by atomic mass is 35.5. The molecule has 0 saturated carbocycles. The van der Waals surface area contributed by atoms with Gasteiger partial charge >= 0.3 is 5.97 Å². The molecule has 5 heteroatoms. The van der Waals surface area contributed by atoms with E-state index in [-0.39, 0.29) is 24.3 Å². The number of carbonyl (C=O) groups excluding carboxylic acids is 1. The SMILES string of the molecule is CCC(=O)Oc1cccc(F)c1COc1ccc(C)c(Cl)c1. The highest BCUT2D eigenvalue weighted by Crippen LogP contribution is 2.26. The van der Waals surface area contributed by atoms with Gasteiger partial charge < -0.3 is 9.47 Å². The number of benzene rings is 2. The van der Waals surface area contributed by atoms with Crippen molar-refractivity contribution in [1.29, 1.82) is 0 Å². The zero-order valence-corrected chi connectivity index (χ0v) is 13.1. The summed E-state index contributed by atoms with van der Waals surface area (Å²) in [5.74, 6) is -0.221. The van der Waals surface area contributed by atoms with Crippen molar-refractivity contribution < 1.29 is 18.7 Å². The molecule has 0 atom stereocenters. The Kier molecular flexibility index (Phi) is 5.39. The molecule has 0 aliphatic heterocycles. The summed E-state index contributed by atoms with van der Waals surface area (Å²) in [5, 5.41) is 0.573. The van der Waals surface area contributed by atoms with Gasteiger partial charge in [-0.2, -0.15) is 0 Å². The molecule has 116 valence electrons. The van der Waals surface area contributed by atoms with Crippen molar-refractivity contribution in [2.24, 2.45) is 0 Å². The van der Waals surface area contributed by atoms with Crippen LogP contribution in [0, 0.1) is 12.7 Å². The molecule has 0 bridgehead atoms. The van der Waals surface area contributed by atoms with Gasteiger partial charge in [0, 0.05) is 11.4 Å². The highest BCUT2D eigenvalue weighted by Gasteiger charge is 2.13. The summed E-state index contributed by atoms with van der Waals surface area (Å²) in [6.45, 7) is 3.50. The van der Waals surface area contributed by atoms with E-state index in [1.54, 1.807) is 19.1 Å². The number of halogens is 2. The normalized spacial score (nSPS) is 10.4. The fourth-order valence-corrected chi connectivity index (χ4v) is 1.96. The van der Waals surface area contributed by atoms with Crippen LogP contribution in [-0.4, -0.2) is 5.97 Å². The van der Waals surface area contributed by atoms with Crippen molar-refractivity contribution >= 4 is 17.6 Å². The molecule has 0 unspecified atom stereocenters. The van der Waals surface area contributed by atoms with E-state index < -0.39 is 11.8 Å². The van der Waals surface area contributed by atoms with Crippen LogP contribution in [0.3, 0.4) is 0 Å². The quantitative estimate of drug-likeness (QED) is 0.592. The second kappa shape index (κ2) is 7.27. The van der Waals surface area contributed by atoms with Crippen molar-refractivity contribution in [2.75, 3.05) is 0 Å². The zero-order chi connectivity index (χ0) is 16.1. The van der Waals surface area contributed by atoms with Gasteiger partial charge in [-0.1, -0.05) is 30.7 Å². The largest absolute Gasteiger partial charge is 0.489 e. The van der Waals surface area contributed by atoms with Gasteiger partial charge in [0.05, 0.1) is 5.56 Å². The first-order chi connectivity index (χ1) is 10.5. The van der Waals surface area contributed by atoms with E-state index in [4.69, 9.17) is 21.1 Å². The molecule has 22 heavy (non-hydrogen) atoms. The van der Waals surface area contributed by atoms with Crippen molar-refractivity contribution in [2.45, 2.75) is 26.9 Å². The van der Waals surface area contributed by atoms with Crippen LogP contribution in [-0.2, 0) is 11.4 Å². The van der Waals surface area contributed by atoms with Gasteiger partial charge in [0.1, 0.15) is 23.9 Å². The van der Waals surface area contributed by atoms with E-state index in [0.29, 0.717) is 10.8 Å². The van der Waals surface area contributed by atoms with Crippen LogP contribution in [0.2, 0.25) is 5.02 Å². The summed E-state index contributed by atoms with van der Waals surface area (Å²) in [6, 6.07) is 9.55. The summed E-state index contributed by atoms with van der Waals surface area (Å²) < 4.78 is 24.6. The number of carbonyl (C=O) groups is 1. The van der Waals surface area contributed by atoms with Gasteiger partial charge in [-0.05, 0) is 36.8 Å². The van der Waals surface area contributed by atoms with Gasteiger partial charge in [-0.3, -0.25) is 4.79 Å². The topological polar surface area (TPSA) is 35.5 Å². The molecule has 2 rings (SSSR count). The second-order valence-corrected chi connectivity index (χ2v) is 5.15. The van der Waals surface area contributed by atoms with Gasteiger partial charge in [0.2, 0.25) is 0 Å². The maximum Gasteiger partial charge on any atom is 0.310 e. The molecule has 2 aromatic carbocycles. The maximum absolute atomic E-state index is 14.0. The Bertz CT molecular complexity index is 686. The van der Waals surface area contributed by atoms with E-state index in [9.17, 15) is 9.18 Å². The Morgan fingerprint density at radius 3 is 2.73 bits per heavy atom. The molecule has 2 aromatic rings. The lowest BCUT2D eigenvalue weighted by Gasteiger charge is -2.12. The molecular weight excluding hydrogens is 307 g/mol. The minimum Gasteiger partial charge on any atom is -0.489 e. The second-order valence-electron chi connectivity index (χ2n) is 4.74. The van der Waals surface area contributed by atoms with Crippen molar-refractivity contribution in [3.63, 3.8) is 0 Å². The maximum atomic E-state index is 14.0. The standard InChI is InChI=1S/C17H16ClFO3/c1-3-17(20)22-16-6-4-5-15(19)13(16)10-21-12-8-7-11(2)14(18)9-12/h4-9H,3,10H2,1-2H3. The molecule has 0 aromatic heterocycles. The first kappa shape index (κ1) is 16.3. The summed E-state index contributed by atoms with van der Waals surface area (Å²) >= 11 is 6.02. The minimum absolute atomic E-state index is 0.0572. The Balaban J connectivity index is 2.17. The Hall–Kier alpha value is -2.07. The number of esters is 1. The Morgan fingerprint density at radius 2 is 2.05 bits per heavy atom. The van der Waals surface area contributed by atoms with Crippen molar-refractivity contribution in [1.82, 2.24) is 0 Å².